The Bertz CT molecular complexity index is 370. The fraction of sp³-hybridized carbons (Fsp3) is 0.462. The SMILES string of the molecule is CCC(CC)Nc1ccc(C(N)=S)c(C)c1. The number of aryl methyl sites for hydroxylation is 1. The second-order valence-electron chi connectivity index (χ2n) is 4.05. The summed E-state index contributed by atoms with van der Waals surface area (Å²) in [5.74, 6) is 0. The lowest BCUT2D eigenvalue weighted by molar-refractivity contribution is 0.672. The third-order valence-electron chi connectivity index (χ3n) is 2.85. The fourth-order valence-electron chi connectivity index (χ4n) is 1.76. The molecule has 0 spiro atoms. The molecule has 3 N–H and O–H groups in total. The molecule has 0 bridgehead atoms. The van der Waals surface area contributed by atoms with Gasteiger partial charge in [0, 0.05) is 17.3 Å². The molecule has 0 unspecified atom stereocenters. The molecule has 0 aliphatic heterocycles. The van der Waals surface area contributed by atoms with Gasteiger partial charge in [0.05, 0.1) is 0 Å². The summed E-state index contributed by atoms with van der Waals surface area (Å²) >= 11 is 4.98. The number of thiocarbonyl (C=S) groups is 1. The van der Waals surface area contributed by atoms with Crippen molar-refractivity contribution in [3.05, 3.63) is 29.3 Å². The van der Waals surface area contributed by atoms with Gasteiger partial charge in [-0.05, 0) is 43.5 Å². The minimum absolute atomic E-state index is 0.464. The van der Waals surface area contributed by atoms with Crippen molar-refractivity contribution < 1.29 is 0 Å². The predicted molar refractivity (Wildman–Crippen MR) is 75.1 cm³/mol. The maximum atomic E-state index is 5.63. The van der Waals surface area contributed by atoms with Crippen LogP contribution in [0.15, 0.2) is 18.2 Å². The third-order valence-corrected chi connectivity index (χ3v) is 3.07. The van der Waals surface area contributed by atoms with Gasteiger partial charge in [0.2, 0.25) is 0 Å². The van der Waals surface area contributed by atoms with E-state index < -0.39 is 0 Å². The largest absolute Gasteiger partial charge is 0.389 e. The van der Waals surface area contributed by atoms with Crippen molar-refractivity contribution in [1.82, 2.24) is 0 Å². The maximum Gasteiger partial charge on any atom is 0.104 e. The highest BCUT2D eigenvalue weighted by Gasteiger charge is 2.05. The summed E-state index contributed by atoms with van der Waals surface area (Å²) in [4.78, 5) is 0.464. The molecule has 0 heterocycles. The lowest BCUT2D eigenvalue weighted by atomic mass is 10.1. The quantitative estimate of drug-likeness (QED) is 0.771. The molecule has 0 aliphatic rings. The molecule has 0 fully saturated rings. The second-order valence-corrected chi connectivity index (χ2v) is 4.49. The molecule has 0 saturated heterocycles. The summed E-state index contributed by atoms with van der Waals surface area (Å²) in [6.45, 7) is 6.42. The van der Waals surface area contributed by atoms with E-state index in [2.05, 4.69) is 25.2 Å². The molecular formula is C13H20N2S. The van der Waals surface area contributed by atoms with Crippen molar-refractivity contribution >= 4 is 22.9 Å². The van der Waals surface area contributed by atoms with Gasteiger partial charge in [0.15, 0.2) is 0 Å². The average Bonchev–Trinajstić information content (AvgIpc) is 2.25. The van der Waals surface area contributed by atoms with Crippen LogP contribution in [0.4, 0.5) is 5.69 Å². The van der Waals surface area contributed by atoms with Crippen LogP contribution >= 0.6 is 12.2 Å². The van der Waals surface area contributed by atoms with Crippen molar-refractivity contribution in [2.24, 2.45) is 5.73 Å². The van der Waals surface area contributed by atoms with Crippen LogP contribution in [-0.2, 0) is 0 Å². The zero-order valence-corrected chi connectivity index (χ0v) is 11.0. The van der Waals surface area contributed by atoms with E-state index in [0.717, 1.165) is 29.7 Å². The summed E-state index contributed by atoms with van der Waals surface area (Å²) in [5.41, 5.74) is 8.87. The lowest BCUT2D eigenvalue weighted by Crippen LogP contribution is -2.17. The summed E-state index contributed by atoms with van der Waals surface area (Å²) in [7, 11) is 0. The monoisotopic (exact) mass is 236 g/mol. The van der Waals surface area contributed by atoms with Crippen LogP contribution < -0.4 is 11.1 Å². The summed E-state index contributed by atoms with van der Waals surface area (Å²) < 4.78 is 0. The minimum atomic E-state index is 0.464. The van der Waals surface area contributed by atoms with Gasteiger partial charge in [-0.3, -0.25) is 0 Å². The van der Waals surface area contributed by atoms with Gasteiger partial charge >= 0.3 is 0 Å². The fourth-order valence-corrected chi connectivity index (χ4v) is 1.99. The maximum absolute atomic E-state index is 5.63. The van der Waals surface area contributed by atoms with Crippen molar-refractivity contribution in [2.45, 2.75) is 39.7 Å². The lowest BCUT2D eigenvalue weighted by Gasteiger charge is -2.17. The molecule has 0 radical (unpaired) electrons. The first-order chi connectivity index (χ1) is 7.58. The van der Waals surface area contributed by atoms with E-state index in [-0.39, 0.29) is 0 Å². The van der Waals surface area contributed by atoms with E-state index in [1.807, 2.05) is 19.1 Å². The van der Waals surface area contributed by atoms with Crippen LogP contribution in [0.1, 0.15) is 37.8 Å². The van der Waals surface area contributed by atoms with Gasteiger partial charge in [-0.1, -0.05) is 26.1 Å². The Labute approximate surface area is 103 Å². The van der Waals surface area contributed by atoms with Crippen LogP contribution in [0.3, 0.4) is 0 Å². The minimum Gasteiger partial charge on any atom is -0.389 e. The first-order valence-electron chi connectivity index (χ1n) is 5.75. The van der Waals surface area contributed by atoms with Crippen molar-refractivity contribution in [1.29, 1.82) is 0 Å². The molecule has 1 rings (SSSR count). The first kappa shape index (κ1) is 13.0. The molecule has 88 valence electrons. The van der Waals surface area contributed by atoms with E-state index in [9.17, 15) is 0 Å². The number of nitrogens with one attached hydrogen (secondary N) is 1. The normalized spacial score (nSPS) is 10.5. The van der Waals surface area contributed by atoms with Gasteiger partial charge < -0.3 is 11.1 Å². The summed E-state index contributed by atoms with van der Waals surface area (Å²) in [6.07, 6.45) is 2.26. The van der Waals surface area contributed by atoms with E-state index in [0.29, 0.717) is 11.0 Å². The highest BCUT2D eigenvalue weighted by Crippen LogP contribution is 2.17. The Hall–Kier alpha value is -1.09. The molecule has 1 aromatic rings. The van der Waals surface area contributed by atoms with E-state index >= 15 is 0 Å². The topological polar surface area (TPSA) is 38.0 Å². The van der Waals surface area contributed by atoms with Crippen LogP contribution in [0.5, 0.6) is 0 Å². The Morgan fingerprint density at radius 3 is 2.44 bits per heavy atom. The zero-order chi connectivity index (χ0) is 12.1. The second kappa shape index (κ2) is 5.85. The predicted octanol–water partition coefficient (Wildman–Crippen LogP) is 3.23. The number of anilines is 1. The molecule has 0 aliphatic carbocycles. The van der Waals surface area contributed by atoms with E-state index in [1.54, 1.807) is 0 Å². The van der Waals surface area contributed by atoms with Gasteiger partial charge in [-0.25, -0.2) is 0 Å². The van der Waals surface area contributed by atoms with Crippen molar-refractivity contribution in [3.8, 4) is 0 Å². The number of hydrogen-bond donors (Lipinski definition) is 2. The molecular weight excluding hydrogens is 216 g/mol. The van der Waals surface area contributed by atoms with E-state index in [4.69, 9.17) is 18.0 Å². The van der Waals surface area contributed by atoms with Crippen LogP contribution in [0.2, 0.25) is 0 Å². The molecule has 3 heteroatoms. The standard InChI is InChI=1S/C13H20N2S/c1-4-10(5-2)15-11-6-7-12(13(14)16)9(3)8-11/h6-8,10,15H,4-5H2,1-3H3,(H2,14,16). The molecule has 2 nitrogen and oxygen atoms in total. The molecule has 0 atom stereocenters. The number of hydrogen-bond acceptors (Lipinski definition) is 2. The molecule has 0 amide bonds. The Morgan fingerprint density at radius 2 is 2.00 bits per heavy atom. The van der Waals surface area contributed by atoms with E-state index in [1.165, 1.54) is 0 Å². The first-order valence-corrected chi connectivity index (χ1v) is 6.16. The number of nitrogens with two attached hydrogens (primary N) is 1. The summed E-state index contributed by atoms with van der Waals surface area (Å²) in [5, 5.41) is 3.50. The van der Waals surface area contributed by atoms with Crippen molar-refractivity contribution in [2.75, 3.05) is 5.32 Å². The van der Waals surface area contributed by atoms with Gasteiger partial charge in [0.25, 0.3) is 0 Å². The Kier molecular flexibility index (Phi) is 4.74. The van der Waals surface area contributed by atoms with Crippen LogP contribution in [0.25, 0.3) is 0 Å². The molecule has 0 saturated carbocycles. The van der Waals surface area contributed by atoms with Crippen LogP contribution in [-0.4, -0.2) is 11.0 Å². The average molecular weight is 236 g/mol. The highest BCUT2D eigenvalue weighted by atomic mass is 32.1. The van der Waals surface area contributed by atoms with Crippen molar-refractivity contribution in [3.63, 3.8) is 0 Å². The number of rotatable bonds is 5. The third kappa shape index (κ3) is 3.20. The number of benzene rings is 1. The summed E-state index contributed by atoms with van der Waals surface area (Å²) in [6, 6.07) is 6.67. The smallest absolute Gasteiger partial charge is 0.104 e. The van der Waals surface area contributed by atoms with Gasteiger partial charge in [-0.15, -0.1) is 0 Å². The highest BCUT2D eigenvalue weighted by molar-refractivity contribution is 7.80. The molecule has 1 aromatic carbocycles. The molecule has 0 aromatic heterocycles. The Morgan fingerprint density at radius 1 is 1.38 bits per heavy atom. The van der Waals surface area contributed by atoms with Gasteiger partial charge in [-0.2, -0.15) is 0 Å². The zero-order valence-electron chi connectivity index (χ0n) is 10.2. The Balaban J connectivity index is 2.84. The van der Waals surface area contributed by atoms with Gasteiger partial charge in [0.1, 0.15) is 4.99 Å². The van der Waals surface area contributed by atoms with Crippen LogP contribution in [0, 0.1) is 6.92 Å². The molecule has 16 heavy (non-hydrogen) atoms.